The Kier molecular flexibility index (Phi) is 5.94. The van der Waals surface area contributed by atoms with Crippen LogP contribution in [-0.4, -0.2) is 26.9 Å². The van der Waals surface area contributed by atoms with Gasteiger partial charge in [-0.2, -0.15) is 0 Å². The minimum atomic E-state index is 0.0632. The molecule has 152 valence electrons. The van der Waals surface area contributed by atoms with E-state index >= 15 is 0 Å². The summed E-state index contributed by atoms with van der Waals surface area (Å²) < 4.78 is 2.17. The Hall–Kier alpha value is -3.40. The average molecular weight is 398 g/mol. The SMILES string of the molecule is CCCCN(Cc1nc2ccccc2n1-c1ccccc1)C(=O)c1ccccc1C. The highest BCUT2D eigenvalue weighted by Crippen LogP contribution is 2.23. The van der Waals surface area contributed by atoms with Gasteiger partial charge in [-0.25, -0.2) is 4.98 Å². The number of hydrogen-bond acceptors (Lipinski definition) is 2. The van der Waals surface area contributed by atoms with Crippen LogP contribution in [0.5, 0.6) is 0 Å². The molecular weight excluding hydrogens is 370 g/mol. The lowest BCUT2D eigenvalue weighted by atomic mass is 10.1. The topological polar surface area (TPSA) is 38.1 Å². The maximum Gasteiger partial charge on any atom is 0.254 e. The van der Waals surface area contributed by atoms with Crippen LogP contribution in [0.25, 0.3) is 16.7 Å². The number of aryl methyl sites for hydroxylation is 1. The Morgan fingerprint density at radius 2 is 1.63 bits per heavy atom. The first-order valence-electron chi connectivity index (χ1n) is 10.6. The van der Waals surface area contributed by atoms with Gasteiger partial charge in [0.1, 0.15) is 5.82 Å². The van der Waals surface area contributed by atoms with Crippen LogP contribution in [0.1, 0.15) is 41.5 Å². The molecule has 0 saturated heterocycles. The lowest BCUT2D eigenvalue weighted by molar-refractivity contribution is 0.0735. The molecule has 4 nitrogen and oxygen atoms in total. The molecule has 0 saturated carbocycles. The molecule has 0 unspecified atom stereocenters. The minimum absolute atomic E-state index is 0.0632. The van der Waals surface area contributed by atoms with E-state index in [-0.39, 0.29) is 5.91 Å². The van der Waals surface area contributed by atoms with Crippen LogP contribution in [-0.2, 0) is 6.54 Å². The molecule has 0 aliphatic carbocycles. The molecule has 30 heavy (non-hydrogen) atoms. The molecule has 4 aromatic rings. The molecule has 0 bridgehead atoms. The molecule has 1 aromatic heterocycles. The van der Waals surface area contributed by atoms with Gasteiger partial charge in [-0.05, 0) is 49.2 Å². The van der Waals surface area contributed by atoms with E-state index < -0.39 is 0 Å². The van der Waals surface area contributed by atoms with E-state index in [9.17, 15) is 4.79 Å². The molecule has 1 heterocycles. The van der Waals surface area contributed by atoms with Crippen LogP contribution in [0.3, 0.4) is 0 Å². The molecule has 0 spiro atoms. The van der Waals surface area contributed by atoms with Crippen molar-refractivity contribution in [2.45, 2.75) is 33.2 Å². The van der Waals surface area contributed by atoms with Crippen LogP contribution >= 0.6 is 0 Å². The molecule has 4 rings (SSSR count). The Balaban J connectivity index is 1.76. The summed E-state index contributed by atoms with van der Waals surface area (Å²) in [7, 11) is 0. The summed E-state index contributed by atoms with van der Waals surface area (Å²) in [5.74, 6) is 0.939. The van der Waals surface area contributed by atoms with Gasteiger partial charge in [0.25, 0.3) is 5.91 Å². The smallest absolute Gasteiger partial charge is 0.254 e. The molecule has 0 atom stereocenters. The number of imidazole rings is 1. The van der Waals surface area contributed by atoms with E-state index in [0.717, 1.165) is 46.5 Å². The molecule has 3 aromatic carbocycles. The van der Waals surface area contributed by atoms with E-state index in [2.05, 4.69) is 29.7 Å². The molecule has 0 N–H and O–H groups in total. The van der Waals surface area contributed by atoms with E-state index in [4.69, 9.17) is 4.98 Å². The molecule has 1 amide bonds. The van der Waals surface area contributed by atoms with E-state index in [1.165, 1.54) is 0 Å². The summed E-state index contributed by atoms with van der Waals surface area (Å²) in [6.07, 6.45) is 2.00. The Labute approximate surface area is 177 Å². The van der Waals surface area contributed by atoms with Crippen LogP contribution in [0.2, 0.25) is 0 Å². The Morgan fingerprint density at radius 3 is 2.40 bits per heavy atom. The van der Waals surface area contributed by atoms with Gasteiger partial charge in [0.2, 0.25) is 0 Å². The molecule has 0 fully saturated rings. The first kappa shape index (κ1) is 19.9. The first-order valence-corrected chi connectivity index (χ1v) is 10.6. The summed E-state index contributed by atoms with van der Waals surface area (Å²) in [6.45, 7) is 5.32. The van der Waals surface area contributed by atoms with Gasteiger partial charge in [0.15, 0.2) is 0 Å². The van der Waals surface area contributed by atoms with Gasteiger partial charge in [-0.15, -0.1) is 0 Å². The van der Waals surface area contributed by atoms with Crippen LogP contribution in [0.4, 0.5) is 0 Å². The predicted octanol–water partition coefficient (Wildman–Crippen LogP) is 5.78. The van der Waals surface area contributed by atoms with Crippen molar-refractivity contribution < 1.29 is 4.79 Å². The second kappa shape index (κ2) is 8.95. The molecular formula is C26H27N3O. The van der Waals surface area contributed by atoms with Crippen LogP contribution < -0.4 is 0 Å². The van der Waals surface area contributed by atoms with Gasteiger partial charge in [0, 0.05) is 17.8 Å². The summed E-state index contributed by atoms with van der Waals surface area (Å²) in [5, 5.41) is 0. The average Bonchev–Trinajstić information content (AvgIpc) is 3.15. The number of nitrogens with zero attached hydrogens (tertiary/aromatic N) is 3. The third-order valence-electron chi connectivity index (χ3n) is 5.42. The predicted molar refractivity (Wildman–Crippen MR) is 122 cm³/mol. The van der Waals surface area contributed by atoms with Crippen molar-refractivity contribution in [2.24, 2.45) is 0 Å². The van der Waals surface area contributed by atoms with Crippen LogP contribution in [0.15, 0.2) is 78.9 Å². The normalized spacial score (nSPS) is 11.0. The highest BCUT2D eigenvalue weighted by atomic mass is 16.2. The van der Waals surface area contributed by atoms with E-state index in [1.54, 1.807) is 0 Å². The second-order valence-corrected chi connectivity index (χ2v) is 7.58. The minimum Gasteiger partial charge on any atom is -0.331 e. The van der Waals surface area contributed by atoms with Crippen molar-refractivity contribution in [1.82, 2.24) is 14.5 Å². The van der Waals surface area contributed by atoms with Gasteiger partial charge in [-0.1, -0.05) is 61.9 Å². The number of amides is 1. The van der Waals surface area contributed by atoms with Crippen molar-refractivity contribution >= 4 is 16.9 Å². The van der Waals surface area contributed by atoms with Crippen molar-refractivity contribution in [2.75, 3.05) is 6.54 Å². The lowest BCUT2D eigenvalue weighted by Crippen LogP contribution is -2.33. The van der Waals surface area contributed by atoms with Crippen molar-refractivity contribution in [3.05, 3.63) is 95.8 Å². The lowest BCUT2D eigenvalue weighted by Gasteiger charge is -2.24. The zero-order valence-corrected chi connectivity index (χ0v) is 17.6. The van der Waals surface area contributed by atoms with Crippen molar-refractivity contribution in [3.8, 4) is 5.69 Å². The third-order valence-corrected chi connectivity index (χ3v) is 5.42. The van der Waals surface area contributed by atoms with Crippen molar-refractivity contribution in [3.63, 3.8) is 0 Å². The summed E-state index contributed by atoms with van der Waals surface area (Å²) in [4.78, 5) is 20.3. The molecule has 0 aliphatic heterocycles. The molecule has 4 heteroatoms. The number of fused-ring (bicyclic) bond motifs is 1. The first-order chi connectivity index (χ1) is 14.7. The van der Waals surface area contributed by atoms with E-state index in [1.807, 2.05) is 72.5 Å². The summed E-state index contributed by atoms with van der Waals surface area (Å²) in [6, 6.07) is 26.2. The quantitative estimate of drug-likeness (QED) is 0.397. The standard InChI is InChI=1S/C26H27N3O/c1-3-4-18-28(26(30)22-15-9-8-12-20(22)2)19-25-27-23-16-10-11-17-24(23)29(25)21-13-6-5-7-14-21/h5-17H,3-4,18-19H2,1-2H3. The summed E-state index contributed by atoms with van der Waals surface area (Å²) >= 11 is 0. The van der Waals surface area contributed by atoms with Gasteiger partial charge >= 0.3 is 0 Å². The van der Waals surface area contributed by atoms with Crippen molar-refractivity contribution in [1.29, 1.82) is 0 Å². The summed E-state index contributed by atoms with van der Waals surface area (Å²) in [5.41, 5.74) is 4.81. The third kappa shape index (κ3) is 3.99. The second-order valence-electron chi connectivity index (χ2n) is 7.58. The van der Waals surface area contributed by atoms with Gasteiger partial charge < -0.3 is 4.90 Å². The van der Waals surface area contributed by atoms with E-state index in [0.29, 0.717) is 13.1 Å². The number of hydrogen-bond donors (Lipinski definition) is 0. The fourth-order valence-electron chi connectivity index (χ4n) is 3.80. The van der Waals surface area contributed by atoms with Crippen LogP contribution in [0, 0.1) is 6.92 Å². The fourth-order valence-corrected chi connectivity index (χ4v) is 3.80. The number of rotatable bonds is 7. The fraction of sp³-hybridized carbons (Fsp3) is 0.231. The Bertz CT molecular complexity index is 1150. The highest BCUT2D eigenvalue weighted by molar-refractivity contribution is 5.95. The molecule has 0 aliphatic rings. The maximum atomic E-state index is 13.4. The van der Waals surface area contributed by atoms with Gasteiger partial charge in [0.05, 0.1) is 17.6 Å². The number of carbonyl (C=O) groups excluding carboxylic acids is 1. The highest BCUT2D eigenvalue weighted by Gasteiger charge is 2.21. The zero-order valence-electron chi connectivity index (χ0n) is 17.6. The Morgan fingerprint density at radius 1 is 0.933 bits per heavy atom. The maximum absolute atomic E-state index is 13.4. The number of aromatic nitrogens is 2. The number of benzene rings is 3. The zero-order chi connectivity index (χ0) is 20.9. The monoisotopic (exact) mass is 397 g/mol. The largest absolute Gasteiger partial charge is 0.331 e. The molecule has 0 radical (unpaired) electrons. The van der Waals surface area contributed by atoms with Gasteiger partial charge in [-0.3, -0.25) is 9.36 Å². The number of unbranched alkanes of at least 4 members (excludes halogenated alkanes) is 1. The number of para-hydroxylation sites is 3. The number of carbonyl (C=O) groups is 1.